The summed E-state index contributed by atoms with van der Waals surface area (Å²) in [6.07, 6.45) is 3.31. The van der Waals surface area contributed by atoms with Gasteiger partial charge in [-0.15, -0.1) is 0 Å². The molecule has 2 amide bonds. The number of likely N-dealkylation sites (tertiary alicyclic amines) is 1. The van der Waals surface area contributed by atoms with E-state index in [-0.39, 0.29) is 17.9 Å². The van der Waals surface area contributed by atoms with E-state index in [1.165, 1.54) is 0 Å². The van der Waals surface area contributed by atoms with Crippen LogP contribution in [0.3, 0.4) is 0 Å². The summed E-state index contributed by atoms with van der Waals surface area (Å²) in [6.45, 7) is 5.79. The van der Waals surface area contributed by atoms with Gasteiger partial charge in [0.25, 0.3) is 0 Å². The van der Waals surface area contributed by atoms with Crippen molar-refractivity contribution in [3.05, 3.63) is 23.8 Å². The molecule has 1 aliphatic rings. The molecule has 0 aromatic heterocycles. The highest BCUT2D eigenvalue weighted by atomic mass is 16.5. The molecule has 1 aromatic carbocycles. The Morgan fingerprint density at radius 3 is 2.54 bits per heavy atom. The molecule has 6 heteroatoms. The number of carbonyl (C=O) groups is 2. The molecular weight excluding hydrogens is 332 g/mol. The lowest BCUT2D eigenvalue weighted by Gasteiger charge is -2.32. The maximum atomic E-state index is 12.5. The minimum Gasteiger partial charge on any atom is -0.493 e. The molecule has 1 fully saturated rings. The minimum atomic E-state index is 0.0826. The maximum absolute atomic E-state index is 12.5. The highest BCUT2D eigenvalue weighted by molar-refractivity contribution is 5.77. The van der Waals surface area contributed by atoms with Gasteiger partial charge in [0.15, 0.2) is 11.5 Å². The molecule has 1 aliphatic heterocycles. The third-order valence-corrected chi connectivity index (χ3v) is 4.69. The molecule has 0 atom stereocenters. The SMILES string of the molecule is CCOc1ccc(CCC(=O)N2CCC(NC(=O)CC)CC2)cc1OC. The zero-order chi connectivity index (χ0) is 18.9. The first-order valence-corrected chi connectivity index (χ1v) is 9.44. The zero-order valence-corrected chi connectivity index (χ0v) is 16.0. The molecule has 1 saturated heterocycles. The van der Waals surface area contributed by atoms with Gasteiger partial charge in [0, 0.05) is 32.0 Å². The van der Waals surface area contributed by atoms with E-state index in [4.69, 9.17) is 9.47 Å². The lowest BCUT2D eigenvalue weighted by Crippen LogP contribution is -2.46. The second-order valence-electron chi connectivity index (χ2n) is 6.49. The van der Waals surface area contributed by atoms with Crippen LogP contribution < -0.4 is 14.8 Å². The van der Waals surface area contributed by atoms with Gasteiger partial charge in [-0.1, -0.05) is 13.0 Å². The fourth-order valence-corrected chi connectivity index (χ4v) is 3.15. The van der Waals surface area contributed by atoms with E-state index in [0.717, 1.165) is 24.2 Å². The summed E-state index contributed by atoms with van der Waals surface area (Å²) in [7, 11) is 1.62. The smallest absolute Gasteiger partial charge is 0.222 e. The second kappa shape index (κ2) is 10.0. The molecule has 0 radical (unpaired) electrons. The van der Waals surface area contributed by atoms with Crippen molar-refractivity contribution in [1.82, 2.24) is 10.2 Å². The van der Waals surface area contributed by atoms with Crippen LogP contribution in [0.5, 0.6) is 11.5 Å². The van der Waals surface area contributed by atoms with Crippen molar-refractivity contribution >= 4 is 11.8 Å². The molecule has 0 unspecified atom stereocenters. The number of hydrogen-bond donors (Lipinski definition) is 1. The molecule has 26 heavy (non-hydrogen) atoms. The minimum absolute atomic E-state index is 0.0826. The normalized spacial score (nSPS) is 14.8. The number of hydrogen-bond acceptors (Lipinski definition) is 4. The average molecular weight is 362 g/mol. The van der Waals surface area contributed by atoms with Crippen LogP contribution in [0.4, 0.5) is 0 Å². The van der Waals surface area contributed by atoms with Crippen molar-refractivity contribution in [1.29, 1.82) is 0 Å². The number of aryl methyl sites for hydroxylation is 1. The largest absolute Gasteiger partial charge is 0.493 e. The van der Waals surface area contributed by atoms with Crippen LogP contribution in [0.25, 0.3) is 0 Å². The van der Waals surface area contributed by atoms with E-state index >= 15 is 0 Å². The van der Waals surface area contributed by atoms with Crippen LogP contribution >= 0.6 is 0 Å². The lowest BCUT2D eigenvalue weighted by atomic mass is 10.0. The molecule has 144 valence electrons. The first kappa shape index (κ1) is 20.1. The van der Waals surface area contributed by atoms with E-state index < -0.39 is 0 Å². The van der Waals surface area contributed by atoms with Crippen LogP contribution in [0.1, 0.15) is 45.1 Å². The summed E-state index contributed by atoms with van der Waals surface area (Å²) < 4.78 is 10.9. The number of nitrogens with one attached hydrogen (secondary N) is 1. The predicted molar refractivity (Wildman–Crippen MR) is 101 cm³/mol. The third-order valence-electron chi connectivity index (χ3n) is 4.69. The van der Waals surface area contributed by atoms with Gasteiger partial charge in [0.2, 0.25) is 11.8 Å². The first-order chi connectivity index (χ1) is 12.6. The van der Waals surface area contributed by atoms with Gasteiger partial charge >= 0.3 is 0 Å². The zero-order valence-electron chi connectivity index (χ0n) is 16.0. The molecule has 0 spiro atoms. The summed E-state index contributed by atoms with van der Waals surface area (Å²) in [5.41, 5.74) is 1.06. The molecule has 6 nitrogen and oxygen atoms in total. The van der Waals surface area contributed by atoms with Gasteiger partial charge in [0.05, 0.1) is 13.7 Å². The van der Waals surface area contributed by atoms with Crippen LogP contribution in [0.2, 0.25) is 0 Å². The average Bonchev–Trinajstić information content (AvgIpc) is 2.67. The number of piperidine rings is 1. The Morgan fingerprint density at radius 1 is 1.19 bits per heavy atom. The second-order valence-corrected chi connectivity index (χ2v) is 6.49. The summed E-state index contributed by atoms with van der Waals surface area (Å²) in [6, 6.07) is 6.00. The van der Waals surface area contributed by atoms with Gasteiger partial charge in [-0.05, 0) is 43.9 Å². The van der Waals surface area contributed by atoms with Gasteiger partial charge in [-0.3, -0.25) is 9.59 Å². The Hall–Kier alpha value is -2.24. The monoisotopic (exact) mass is 362 g/mol. The highest BCUT2D eigenvalue weighted by Crippen LogP contribution is 2.28. The molecule has 0 saturated carbocycles. The molecule has 0 bridgehead atoms. The van der Waals surface area contributed by atoms with Crippen LogP contribution in [-0.4, -0.2) is 49.6 Å². The summed E-state index contributed by atoms with van der Waals surface area (Å²) in [5, 5.41) is 3.01. The predicted octanol–water partition coefficient (Wildman–Crippen LogP) is 2.54. The van der Waals surface area contributed by atoms with Crippen LogP contribution in [0, 0.1) is 0 Å². The van der Waals surface area contributed by atoms with E-state index in [9.17, 15) is 9.59 Å². The summed E-state index contributed by atoms with van der Waals surface area (Å²) >= 11 is 0. The Labute approximate surface area is 155 Å². The topological polar surface area (TPSA) is 67.9 Å². The van der Waals surface area contributed by atoms with Gasteiger partial charge in [-0.25, -0.2) is 0 Å². The Balaban J connectivity index is 1.81. The Kier molecular flexibility index (Phi) is 7.75. The van der Waals surface area contributed by atoms with Gasteiger partial charge in [-0.2, -0.15) is 0 Å². The molecule has 1 N–H and O–H groups in total. The number of benzene rings is 1. The number of amides is 2. The number of rotatable bonds is 8. The van der Waals surface area contributed by atoms with Crippen molar-refractivity contribution in [2.75, 3.05) is 26.8 Å². The standard InChI is InChI=1S/C20H30N2O4/c1-4-19(23)21-16-10-12-22(13-11-16)20(24)9-7-15-6-8-17(26-5-2)18(14-15)25-3/h6,8,14,16H,4-5,7,9-13H2,1-3H3,(H,21,23). The summed E-state index contributed by atoms with van der Waals surface area (Å²) in [4.78, 5) is 25.8. The Morgan fingerprint density at radius 2 is 1.92 bits per heavy atom. The molecule has 2 rings (SSSR count). The van der Waals surface area contributed by atoms with Crippen molar-refractivity contribution in [2.45, 2.75) is 52.0 Å². The quantitative estimate of drug-likeness (QED) is 0.772. The van der Waals surface area contributed by atoms with Crippen molar-refractivity contribution < 1.29 is 19.1 Å². The number of ether oxygens (including phenoxy) is 2. The van der Waals surface area contributed by atoms with Crippen molar-refractivity contribution in [3.8, 4) is 11.5 Å². The molecular formula is C20H30N2O4. The fourth-order valence-electron chi connectivity index (χ4n) is 3.15. The van der Waals surface area contributed by atoms with E-state index in [1.807, 2.05) is 36.9 Å². The maximum Gasteiger partial charge on any atom is 0.222 e. The Bertz CT molecular complexity index is 610. The first-order valence-electron chi connectivity index (χ1n) is 9.44. The van der Waals surface area contributed by atoms with Crippen LogP contribution in [-0.2, 0) is 16.0 Å². The molecule has 0 aliphatic carbocycles. The number of carbonyl (C=O) groups excluding carboxylic acids is 2. The van der Waals surface area contributed by atoms with E-state index in [0.29, 0.717) is 44.7 Å². The van der Waals surface area contributed by atoms with E-state index in [2.05, 4.69) is 5.32 Å². The third kappa shape index (κ3) is 5.64. The van der Waals surface area contributed by atoms with Crippen molar-refractivity contribution in [3.63, 3.8) is 0 Å². The van der Waals surface area contributed by atoms with E-state index in [1.54, 1.807) is 7.11 Å². The van der Waals surface area contributed by atoms with Gasteiger partial charge < -0.3 is 19.7 Å². The van der Waals surface area contributed by atoms with Crippen molar-refractivity contribution in [2.24, 2.45) is 0 Å². The van der Waals surface area contributed by atoms with Gasteiger partial charge in [0.1, 0.15) is 0 Å². The molecule has 1 aromatic rings. The van der Waals surface area contributed by atoms with Crippen LogP contribution in [0.15, 0.2) is 18.2 Å². The number of nitrogens with zero attached hydrogens (tertiary/aromatic N) is 1. The lowest BCUT2D eigenvalue weighted by molar-refractivity contribution is -0.132. The summed E-state index contributed by atoms with van der Waals surface area (Å²) in [5.74, 6) is 1.67. The molecule has 1 heterocycles. The number of methoxy groups -OCH3 is 1. The highest BCUT2D eigenvalue weighted by Gasteiger charge is 2.23. The fraction of sp³-hybridized carbons (Fsp3) is 0.600.